The predicted octanol–water partition coefficient (Wildman–Crippen LogP) is 2.17. The van der Waals surface area contributed by atoms with Gasteiger partial charge in [-0.1, -0.05) is 6.92 Å². The molecule has 0 bridgehead atoms. The number of anilines is 2. The van der Waals surface area contributed by atoms with Crippen LogP contribution in [0.25, 0.3) is 0 Å². The fourth-order valence-electron chi connectivity index (χ4n) is 2.34. The molecule has 1 N–H and O–H groups in total. The molecular weight excluding hydrogens is 256 g/mol. The minimum Gasteiger partial charge on any atom is -0.482 e. The first kappa shape index (κ1) is 13.0. The first-order valence-electron chi connectivity index (χ1n) is 7.07. The molecule has 106 valence electrons. The number of nitrogens with one attached hydrogen (secondary N) is 1. The van der Waals surface area contributed by atoms with Gasteiger partial charge in [-0.3, -0.25) is 9.59 Å². The second-order valence-corrected chi connectivity index (χ2v) is 5.28. The Labute approximate surface area is 117 Å². The summed E-state index contributed by atoms with van der Waals surface area (Å²) >= 11 is 0. The zero-order valence-corrected chi connectivity index (χ0v) is 11.5. The maximum atomic E-state index is 11.9. The van der Waals surface area contributed by atoms with Crippen LogP contribution in [0, 0.1) is 5.92 Å². The molecule has 2 amide bonds. The van der Waals surface area contributed by atoms with E-state index in [4.69, 9.17) is 4.74 Å². The Morgan fingerprint density at radius 1 is 1.45 bits per heavy atom. The van der Waals surface area contributed by atoms with Crippen LogP contribution < -0.4 is 15.0 Å². The van der Waals surface area contributed by atoms with Crippen molar-refractivity contribution in [3.8, 4) is 5.75 Å². The van der Waals surface area contributed by atoms with Gasteiger partial charge in [-0.25, -0.2) is 0 Å². The summed E-state index contributed by atoms with van der Waals surface area (Å²) in [6.07, 6.45) is 2.82. The van der Waals surface area contributed by atoms with E-state index in [1.165, 1.54) is 0 Å². The Bertz CT molecular complexity index is 552. The number of amides is 2. The van der Waals surface area contributed by atoms with E-state index in [2.05, 4.69) is 5.32 Å². The highest BCUT2D eigenvalue weighted by Gasteiger charge is 2.30. The first-order chi connectivity index (χ1) is 9.69. The van der Waals surface area contributed by atoms with E-state index in [1.807, 2.05) is 25.1 Å². The standard InChI is InChI=1S/C15H18N2O3/c1-2-7-17-12-8-11(16-15(19)10-3-4-10)5-6-13(12)20-9-14(17)18/h5-6,8,10H,2-4,7,9H2,1H3,(H,16,19). The lowest BCUT2D eigenvalue weighted by molar-refractivity contribution is -0.121. The third-order valence-corrected chi connectivity index (χ3v) is 3.56. The van der Waals surface area contributed by atoms with Crippen LogP contribution in [0.15, 0.2) is 18.2 Å². The highest BCUT2D eigenvalue weighted by atomic mass is 16.5. The van der Waals surface area contributed by atoms with Gasteiger partial charge in [-0.15, -0.1) is 0 Å². The number of rotatable bonds is 4. The number of ether oxygens (including phenoxy) is 1. The van der Waals surface area contributed by atoms with Gasteiger partial charge in [0.05, 0.1) is 5.69 Å². The summed E-state index contributed by atoms with van der Waals surface area (Å²) in [7, 11) is 0. The highest BCUT2D eigenvalue weighted by Crippen LogP contribution is 2.36. The van der Waals surface area contributed by atoms with Crippen LogP contribution in [-0.2, 0) is 9.59 Å². The van der Waals surface area contributed by atoms with Gasteiger partial charge in [-0.2, -0.15) is 0 Å². The molecule has 5 nitrogen and oxygen atoms in total. The van der Waals surface area contributed by atoms with Crippen molar-refractivity contribution in [2.75, 3.05) is 23.4 Å². The van der Waals surface area contributed by atoms with Crippen LogP contribution in [0.3, 0.4) is 0 Å². The lowest BCUT2D eigenvalue weighted by atomic mass is 10.2. The van der Waals surface area contributed by atoms with Crippen molar-refractivity contribution >= 4 is 23.2 Å². The zero-order valence-electron chi connectivity index (χ0n) is 11.5. The van der Waals surface area contributed by atoms with E-state index < -0.39 is 0 Å². The maximum absolute atomic E-state index is 11.9. The molecule has 0 spiro atoms. The van der Waals surface area contributed by atoms with E-state index in [9.17, 15) is 9.59 Å². The predicted molar refractivity (Wildman–Crippen MR) is 75.9 cm³/mol. The van der Waals surface area contributed by atoms with Gasteiger partial charge < -0.3 is 15.0 Å². The fraction of sp³-hybridized carbons (Fsp3) is 0.467. The monoisotopic (exact) mass is 274 g/mol. The van der Waals surface area contributed by atoms with E-state index >= 15 is 0 Å². The van der Waals surface area contributed by atoms with Gasteiger partial charge in [-0.05, 0) is 37.5 Å². The van der Waals surface area contributed by atoms with Crippen molar-refractivity contribution in [2.24, 2.45) is 5.92 Å². The maximum Gasteiger partial charge on any atom is 0.265 e. The van der Waals surface area contributed by atoms with Crippen molar-refractivity contribution in [3.05, 3.63) is 18.2 Å². The Hall–Kier alpha value is -2.04. The van der Waals surface area contributed by atoms with Crippen LogP contribution in [0.4, 0.5) is 11.4 Å². The summed E-state index contributed by atoms with van der Waals surface area (Å²) in [5.74, 6) is 0.887. The minimum atomic E-state index is -0.0370. The van der Waals surface area contributed by atoms with E-state index in [0.29, 0.717) is 12.3 Å². The molecule has 20 heavy (non-hydrogen) atoms. The van der Waals surface area contributed by atoms with E-state index in [0.717, 1.165) is 30.6 Å². The zero-order chi connectivity index (χ0) is 14.1. The summed E-state index contributed by atoms with van der Waals surface area (Å²) in [6, 6.07) is 5.45. The average molecular weight is 274 g/mol. The minimum absolute atomic E-state index is 0.0370. The van der Waals surface area contributed by atoms with Gasteiger partial charge in [0.15, 0.2) is 6.61 Å². The molecule has 5 heteroatoms. The van der Waals surface area contributed by atoms with Crippen LogP contribution >= 0.6 is 0 Å². The molecule has 0 atom stereocenters. The van der Waals surface area contributed by atoms with Gasteiger partial charge in [0.25, 0.3) is 5.91 Å². The normalized spacial score (nSPS) is 17.4. The Morgan fingerprint density at radius 3 is 2.95 bits per heavy atom. The smallest absolute Gasteiger partial charge is 0.265 e. The highest BCUT2D eigenvalue weighted by molar-refractivity contribution is 6.00. The number of fused-ring (bicyclic) bond motifs is 1. The average Bonchev–Trinajstić information content (AvgIpc) is 3.27. The summed E-state index contributed by atoms with van der Waals surface area (Å²) in [5.41, 5.74) is 1.47. The molecule has 2 aliphatic rings. The SMILES string of the molecule is CCCN1C(=O)COc2ccc(NC(=O)C3CC3)cc21. The summed E-state index contributed by atoms with van der Waals surface area (Å²) in [5, 5.41) is 2.90. The lowest BCUT2D eigenvalue weighted by Gasteiger charge is -2.29. The number of hydrogen-bond donors (Lipinski definition) is 1. The third kappa shape index (κ3) is 2.48. The van der Waals surface area contributed by atoms with Crippen molar-refractivity contribution in [3.63, 3.8) is 0 Å². The molecule has 1 heterocycles. The molecule has 1 aliphatic carbocycles. The van der Waals surface area contributed by atoms with Crippen LogP contribution in [-0.4, -0.2) is 25.0 Å². The molecule has 0 radical (unpaired) electrons. The molecular formula is C15H18N2O3. The molecule has 1 aromatic rings. The Balaban J connectivity index is 1.85. The first-order valence-corrected chi connectivity index (χ1v) is 7.07. The van der Waals surface area contributed by atoms with Gasteiger partial charge >= 0.3 is 0 Å². The van der Waals surface area contributed by atoms with Crippen molar-refractivity contribution in [2.45, 2.75) is 26.2 Å². The Morgan fingerprint density at radius 2 is 2.25 bits per heavy atom. The summed E-state index contributed by atoms with van der Waals surface area (Å²) in [6.45, 7) is 2.77. The fourth-order valence-corrected chi connectivity index (χ4v) is 2.34. The molecule has 1 aliphatic heterocycles. The van der Waals surface area contributed by atoms with Gasteiger partial charge in [0, 0.05) is 18.2 Å². The molecule has 1 aromatic carbocycles. The van der Waals surface area contributed by atoms with Crippen LogP contribution in [0.1, 0.15) is 26.2 Å². The van der Waals surface area contributed by atoms with Gasteiger partial charge in [0.1, 0.15) is 5.75 Å². The topological polar surface area (TPSA) is 58.6 Å². The van der Waals surface area contributed by atoms with Crippen molar-refractivity contribution in [1.29, 1.82) is 0 Å². The number of hydrogen-bond acceptors (Lipinski definition) is 3. The van der Waals surface area contributed by atoms with Crippen molar-refractivity contribution in [1.82, 2.24) is 0 Å². The van der Waals surface area contributed by atoms with E-state index in [1.54, 1.807) is 4.90 Å². The molecule has 0 aromatic heterocycles. The molecule has 1 saturated carbocycles. The lowest BCUT2D eigenvalue weighted by Crippen LogP contribution is -2.39. The number of carbonyl (C=O) groups is 2. The quantitative estimate of drug-likeness (QED) is 0.915. The summed E-state index contributed by atoms with van der Waals surface area (Å²) in [4.78, 5) is 25.4. The summed E-state index contributed by atoms with van der Waals surface area (Å²) < 4.78 is 5.43. The number of carbonyl (C=O) groups excluding carboxylic acids is 2. The van der Waals surface area contributed by atoms with Gasteiger partial charge in [0.2, 0.25) is 5.91 Å². The molecule has 0 saturated heterocycles. The molecule has 1 fully saturated rings. The van der Waals surface area contributed by atoms with Crippen LogP contribution in [0.2, 0.25) is 0 Å². The largest absolute Gasteiger partial charge is 0.482 e. The number of nitrogens with zero attached hydrogens (tertiary/aromatic N) is 1. The Kier molecular flexibility index (Phi) is 3.34. The van der Waals surface area contributed by atoms with E-state index in [-0.39, 0.29) is 24.3 Å². The second-order valence-electron chi connectivity index (χ2n) is 5.28. The third-order valence-electron chi connectivity index (χ3n) is 3.56. The molecule has 0 unspecified atom stereocenters. The number of benzene rings is 1. The van der Waals surface area contributed by atoms with Crippen molar-refractivity contribution < 1.29 is 14.3 Å². The molecule has 3 rings (SSSR count). The second kappa shape index (κ2) is 5.15. The van der Waals surface area contributed by atoms with Crippen LogP contribution in [0.5, 0.6) is 5.75 Å².